The van der Waals surface area contributed by atoms with Gasteiger partial charge in [-0.05, 0) is 60.2 Å². The molecule has 0 spiro atoms. The number of ether oxygens (including phenoxy) is 1. The highest BCUT2D eigenvalue weighted by Gasteiger charge is 2.13. The quantitative estimate of drug-likeness (QED) is 0.462. The first-order valence-corrected chi connectivity index (χ1v) is 9.84. The minimum Gasteiger partial charge on any atom is -0.497 e. The molecule has 1 heterocycles. The number of carbonyl (C=O) groups excluding carboxylic acids is 1. The summed E-state index contributed by atoms with van der Waals surface area (Å²) in [6.45, 7) is 0.339. The molecule has 0 atom stereocenters. The van der Waals surface area contributed by atoms with Crippen LogP contribution in [0.5, 0.6) is 5.75 Å². The predicted molar refractivity (Wildman–Crippen MR) is 119 cm³/mol. The van der Waals surface area contributed by atoms with Crippen LogP contribution < -0.4 is 15.6 Å². The van der Waals surface area contributed by atoms with Gasteiger partial charge < -0.3 is 15.0 Å². The third kappa shape index (κ3) is 4.10. The van der Waals surface area contributed by atoms with Gasteiger partial charge in [0, 0.05) is 12.1 Å². The van der Waals surface area contributed by atoms with E-state index in [0.29, 0.717) is 23.0 Å². The highest BCUT2D eigenvalue weighted by molar-refractivity contribution is 7.71. The van der Waals surface area contributed by atoms with Gasteiger partial charge >= 0.3 is 0 Å². The summed E-state index contributed by atoms with van der Waals surface area (Å²) in [4.78, 5) is 28.4. The van der Waals surface area contributed by atoms with Gasteiger partial charge in [-0.1, -0.05) is 24.3 Å². The lowest BCUT2D eigenvalue weighted by Crippen LogP contribution is -2.24. The standard InChI is InChI=1S/C23H18FN3O3S/c1-30-16-9-6-14(7-10-16)13-25-21(28)15-8-11-17-19(12-15)26-23(31)27(22(17)29)20-5-3-2-4-18(20)24/h2-12H,13H2,1H3,(H,25,28)(H,26,31). The number of hydrogen-bond donors (Lipinski definition) is 2. The van der Waals surface area contributed by atoms with Gasteiger partial charge in [-0.15, -0.1) is 0 Å². The molecule has 0 aliphatic rings. The molecule has 0 unspecified atom stereocenters. The maximum Gasteiger partial charge on any atom is 0.266 e. The smallest absolute Gasteiger partial charge is 0.266 e. The third-order valence-electron chi connectivity index (χ3n) is 4.87. The maximum absolute atomic E-state index is 14.2. The Bertz CT molecular complexity index is 1390. The summed E-state index contributed by atoms with van der Waals surface area (Å²) in [5.41, 5.74) is 1.29. The topological polar surface area (TPSA) is 76.1 Å². The van der Waals surface area contributed by atoms with E-state index in [-0.39, 0.29) is 16.4 Å². The van der Waals surface area contributed by atoms with Gasteiger partial charge in [-0.2, -0.15) is 0 Å². The van der Waals surface area contributed by atoms with E-state index < -0.39 is 11.4 Å². The van der Waals surface area contributed by atoms with E-state index in [2.05, 4.69) is 10.3 Å². The minimum atomic E-state index is -0.557. The molecule has 0 aliphatic carbocycles. The van der Waals surface area contributed by atoms with Crippen molar-refractivity contribution in [2.24, 2.45) is 0 Å². The summed E-state index contributed by atoms with van der Waals surface area (Å²) >= 11 is 5.28. The number of halogens is 1. The molecule has 4 rings (SSSR count). The molecule has 4 aromatic rings. The monoisotopic (exact) mass is 435 g/mol. The molecule has 0 fully saturated rings. The number of para-hydroxylation sites is 1. The second-order valence-electron chi connectivity index (χ2n) is 6.81. The Morgan fingerprint density at radius 2 is 1.87 bits per heavy atom. The van der Waals surface area contributed by atoms with Crippen molar-refractivity contribution in [2.75, 3.05) is 7.11 Å². The van der Waals surface area contributed by atoms with Crippen LogP contribution in [-0.2, 0) is 6.54 Å². The first-order chi connectivity index (χ1) is 15.0. The van der Waals surface area contributed by atoms with E-state index in [9.17, 15) is 14.0 Å². The van der Waals surface area contributed by atoms with Crippen LogP contribution in [0.2, 0.25) is 0 Å². The van der Waals surface area contributed by atoms with Crippen molar-refractivity contribution in [3.8, 4) is 11.4 Å². The van der Waals surface area contributed by atoms with Crippen molar-refractivity contribution in [1.82, 2.24) is 14.9 Å². The van der Waals surface area contributed by atoms with E-state index in [1.165, 1.54) is 24.3 Å². The van der Waals surface area contributed by atoms with Crippen LogP contribution in [0.1, 0.15) is 15.9 Å². The molecule has 3 aromatic carbocycles. The Morgan fingerprint density at radius 3 is 2.58 bits per heavy atom. The molecule has 156 valence electrons. The minimum absolute atomic E-state index is 0.0402. The number of carbonyl (C=O) groups is 1. The van der Waals surface area contributed by atoms with E-state index >= 15 is 0 Å². The fourth-order valence-corrected chi connectivity index (χ4v) is 3.53. The summed E-state index contributed by atoms with van der Waals surface area (Å²) in [6, 6.07) is 17.9. The highest BCUT2D eigenvalue weighted by Crippen LogP contribution is 2.16. The van der Waals surface area contributed by atoms with Gasteiger partial charge in [-0.3, -0.25) is 9.59 Å². The molecule has 1 aromatic heterocycles. The van der Waals surface area contributed by atoms with Crippen molar-refractivity contribution in [2.45, 2.75) is 6.54 Å². The summed E-state index contributed by atoms with van der Waals surface area (Å²) < 4.78 is 20.5. The van der Waals surface area contributed by atoms with Crippen LogP contribution in [0, 0.1) is 10.6 Å². The number of nitrogens with zero attached hydrogens (tertiary/aromatic N) is 1. The zero-order valence-corrected chi connectivity index (χ0v) is 17.3. The molecule has 8 heteroatoms. The van der Waals surface area contributed by atoms with E-state index in [0.717, 1.165) is 15.9 Å². The number of amides is 1. The summed E-state index contributed by atoms with van der Waals surface area (Å²) in [5, 5.41) is 3.13. The number of benzene rings is 3. The Balaban J connectivity index is 1.63. The molecule has 1 amide bonds. The first kappa shape index (κ1) is 20.5. The lowest BCUT2D eigenvalue weighted by molar-refractivity contribution is 0.0951. The lowest BCUT2D eigenvalue weighted by Gasteiger charge is -2.10. The van der Waals surface area contributed by atoms with Gasteiger partial charge in [0.1, 0.15) is 11.6 Å². The molecular formula is C23H18FN3O3S. The molecule has 0 bridgehead atoms. The maximum atomic E-state index is 14.2. The third-order valence-corrected chi connectivity index (χ3v) is 5.15. The molecule has 31 heavy (non-hydrogen) atoms. The van der Waals surface area contributed by atoms with Crippen molar-refractivity contribution in [3.05, 3.63) is 98.8 Å². The highest BCUT2D eigenvalue weighted by atomic mass is 32.1. The van der Waals surface area contributed by atoms with Crippen molar-refractivity contribution < 1.29 is 13.9 Å². The zero-order valence-electron chi connectivity index (χ0n) is 16.5. The number of fused-ring (bicyclic) bond motifs is 1. The second-order valence-corrected chi connectivity index (χ2v) is 7.20. The second kappa shape index (κ2) is 8.53. The number of aromatic nitrogens is 2. The van der Waals surface area contributed by atoms with Crippen LogP contribution >= 0.6 is 12.2 Å². The number of H-pyrrole nitrogens is 1. The SMILES string of the molecule is COc1ccc(CNC(=O)c2ccc3c(=O)n(-c4ccccc4F)c(=S)[nH]c3c2)cc1. The van der Waals surface area contributed by atoms with Gasteiger partial charge in [0.2, 0.25) is 0 Å². The summed E-state index contributed by atoms with van der Waals surface area (Å²) in [7, 11) is 1.59. The Labute approximate surface area is 181 Å². The predicted octanol–water partition coefficient (Wildman–Crippen LogP) is 4.13. The molecule has 0 saturated heterocycles. The van der Waals surface area contributed by atoms with Gasteiger partial charge in [0.25, 0.3) is 11.5 Å². The van der Waals surface area contributed by atoms with Gasteiger partial charge in [-0.25, -0.2) is 8.96 Å². The average molecular weight is 435 g/mol. The van der Waals surface area contributed by atoms with Crippen molar-refractivity contribution in [3.63, 3.8) is 0 Å². The Kier molecular flexibility index (Phi) is 5.64. The number of rotatable bonds is 5. The molecule has 6 nitrogen and oxygen atoms in total. The molecule has 2 N–H and O–H groups in total. The van der Waals surface area contributed by atoms with Crippen LogP contribution in [-0.4, -0.2) is 22.6 Å². The Hall–Kier alpha value is -3.78. The molecule has 0 radical (unpaired) electrons. The first-order valence-electron chi connectivity index (χ1n) is 9.43. The van der Waals surface area contributed by atoms with Gasteiger partial charge in [0.15, 0.2) is 4.77 Å². The van der Waals surface area contributed by atoms with E-state index in [1.54, 1.807) is 25.3 Å². The number of aromatic amines is 1. The van der Waals surface area contributed by atoms with Crippen LogP contribution in [0.15, 0.2) is 71.5 Å². The van der Waals surface area contributed by atoms with Crippen molar-refractivity contribution in [1.29, 1.82) is 0 Å². The van der Waals surface area contributed by atoms with Crippen LogP contribution in [0.4, 0.5) is 4.39 Å². The zero-order chi connectivity index (χ0) is 22.0. The number of hydrogen-bond acceptors (Lipinski definition) is 4. The fraction of sp³-hybridized carbons (Fsp3) is 0.0870. The molecule has 0 saturated carbocycles. The number of methoxy groups -OCH3 is 1. The van der Waals surface area contributed by atoms with Crippen LogP contribution in [0.3, 0.4) is 0 Å². The molecule has 0 aliphatic heterocycles. The van der Waals surface area contributed by atoms with E-state index in [1.807, 2.05) is 24.3 Å². The Morgan fingerprint density at radius 1 is 1.13 bits per heavy atom. The lowest BCUT2D eigenvalue weighted by atomic mass is 10.1. The van der Waals surface area contributed by atoms with E-state index in [4.69, 9.17) is 17.0 Å². The number of nitrogens with one attached hydrogen (secondary N) is 2. The largest absolute Gasteiger partial charge is 0.497 e. The fourth-order valence-electron chi connectivity index (χ4n) is 3.24. The molecular weight excluding hydrogens is 417 g/mol. The normalized spacial score (nSPS) is 10.8. The van der Waals surface area contributed by atoms with Crippen molar-refractivity contribution >= 4 is 29.0 Å². The summed E-state index contributed by atoms with van der Waals surface area (Å²) in [6.07, 6.45) is 0. The average Bonchev–Trinajstić information content (AvgIpc) is 2.78. The summed E-state index contributed by atoms with van der Waals surface area (Å²) in [5.74, 6) is -0.116. The van der Waals surface area contributed by atoms with Crippen LogP contribution in [0.25, 0.3) is 16.6 Å². The van der Waals surface area contributed by atoms with Gasteiger partial charge in [0.05, 0.1) is 23.7 Å².